The summed E-state index contributed by atoms with van der Waals surface area (Å²) in [5.74, 6) is -3.18. The van der Waals surface area contributed by atoms with Crippen LogP contribution in [0.15, 0.2) is 30.3 Å². The molecule has 3 atom stereocenters. The Morgan fingerprint density at radius 2 is 1.62 bits per heavy atom. The fourth-order valence-corrected chi connectivity index (χ4v) is 4.89. The average molecular weight is 591 g/mol. The van der Waals surface area contributed by atoms with E-state index in [1.807, 2.05) is 30.3 Å². The Labute approximate surface area is 247 Å². The van der Waals surface area contributed by atoms with Gasteiger partial charge in [-0.25, -0.2) is 19.3 Å². The third kappa shape index (κ3) is 8.99. The molecule has 3 amide bonds. The van der Waals surface area contributed by atoms with E-state index in [4.69, 9.17) is 20.9 Å². The molecule has 0 aromatic heterocycles. The number of carbonyl (C=O) groups excluding carboxylic acids is 4. The molecule has 0 unspecified atom stereocenters. The summed E-state index contributed by atoms with van der Waals surface area (Å²) in [6, 6.07) is 7.04. The molecule has 12 heteroatoms. The van der Waals surface area contributed by atoms with E-state index >= 15 is 0 Å². The Morgan fingerprint density at radius 1 is 1.02 bits per heavy atom. The summed E-state index contributed by atoms with van der Waals surface area (Å²) >= 11 is 0. The van der Waals surface area contributed by atoms with E-state index in [0.717, 1.165) is 15.4 Å². The molecule has 0 saturated carbocycles. The smallest absolute Gasteiger partial charge is 0.417 e. The highest BCUT2D eigenvalue weighted by atomic mass is 16.6. The van der Waals surface area contributed by atoms with Crippen LogP contribution < -0.4 is 11.5 Å². The predicted octanol–water partition coefficient (Wildman–Crippen LogP) is 3.24. The lowest BCUT2D eigenvalue weighted by Crippen LogP contribution is -2.63. The normalized spacial score (nSPS) is 19.6. The van der Waals surface area contributed by atoms with Crippen molar-refractivity contribution >= 4 is 29.8 Å². The number of carboxylic acid groups (broad SMARTS) is 1. The van der Waals surface area contributed by atoms with Crippen LogP contribution in [0.2, 0.25) is 0 Å². The maximum Gasteiger partial charge on any atom is 0.417 e. The number of aryl methyl sites for hydroxylation is 1. The molecule has 1 aromatic carbocycles. The Morgan fingerprint density at radius 3 is 2.14 bits per heavy atom. The van der Waals surface area contributed by atoms with Gasteiger partial charge in [0.25, 0.3) is 0 Å². The SMILES string of the molecule is CC(C)(C)OC(=O)N(C(=O)CCCc1ccccc1)[C@H]1CN(C(=O)OC(C)(C)C)[C@@](C(=O)O)(C(=O)[C@@H](N)CCCN)C1. The zero-order valence-corrected chi connectivity index (χ0v) is 25.6. The number of Topliss-reactive ketones (excluding diaryl/α,β-unsaturated/α-hetero) is 1. The number of nitrogens with two attached hydrogens (primary N) is 2. The summed E-state index contributed by atoms with van der Waals surface area (Å²) in [6.45, 7) is 9.45. The minimum Gasteiger partial charge on any atom is -0.479 e. The summed E-state index contributed by atoms with van der Waals surface area (Å²) in [5, 5.41) is 10.5. The van der Waals surface area contributed by atoms with E-state index in [2.05, 4.69) is 0 Å². The number of rotatable bonds is 11. The molecule has 12 nitrogen and oxygen atoms in total. The first-order chi connectivity index (χ1) is 19.4. The zero-order valence-electron chi connectivity index (χ0n) is 25.6. The van der Waals surface area contributed by atoms with Gasteiger partial charge in [-0.05, 0) is 79.3 Å². The topological polar surface area (TPSA) is 183 Å². The van der Waals surface area contributed by atoms with Crippen molar-refractivity contribution < 1.29 is 38.6 Å². The largest absolute Gasteiger partial charge is 0.479 e. The molecule has 42 heavy (non-hydrogen) atoms. The Hall–Kier alpha value is -3.51. The molecule has 234 valence electrons. The van der Waals surface area contributed by atoms with Gasteiger partial charge in [-0.15, -0.1) is 0 Å². The molecule has 1 aliphatic heterocycles. The number of carbonyl (C=O) groups is 5. The highest BCUT2D eigenvalue weighted by molar-refractivity contribution is 6.12. The number of carboxylic acids is 1. The summed E-state index contributed by atoms with van der Waals surface area (Å²) in [4.78, 5) is 68.7. The maximum atomic E-state index is 13.7. The Balaban J connectivity index is 2.51. The van der Waals surface area contributed by atoms with Crippen LogP contribution in [0.1, 0.15) is 79.2 Å². The second kappa shape index (κ2) is 14.1. The van der Waals surface area contributed by atoms with E-state index < -0.39 is 71.6 Å². The number of aliphatic carboxylic acids is 1. The monoisotopic (exact) mass is 590 g/mol. The highest BCUT2D eigenvalue weighted by Crippen LogP contribution is 2.37. The summed E-state index contributed by atoms with van der Waals surface area (Å²) in [6.07, 6.45) is -1.29. The van der Waals surface area contributed by atoms with E-state index in [1.54, 1.807) is 41.5 Å². The number of imide groups is 1. The van der Waals surface area contributed by atoms with Gasteiger partial charge < -0.3 is 26.0 Å². The second-order valence-corrected chi connectivity index (χ2v) is 12.6. The average Bonchev–Trinajstić information content (AvgIpc) is 3.27. The van der Waals surface area contributed by atoms with Crippen LogP contribution in [0.25, 0.3) is 0 Å². The summed E-state index contributed by atoms with van der Waals surface area (Å²) < 4.78 is 11.0. The van der Waals surface area contributed by atoms with Crippen molar-refractivity contribution in [1.29, 1.82) is 0 Å². The molecule has 0 bridgehead atoms. The van der Waals surface area contributed by atoms with Gasteiger partial charge in [0.15, 0.2) is 5.78 Å². The highest BCUT2D eigenvalue weighted by Gasteiger charge is 2.62. The molecule has 5 N–H and O–H groups in total. The molecule has 2 rings (SSSR count). The van der Waals surface area contributed by atoms with Crippen LogP contribution in [0.5, 0.6) is 0 Å². The lowest BCUT2D eigenvalue weighted by molar-refractivity contribution is -0.156. The third-order valence-corrected chi connectivity index (χ3v) is 6.74. The number of amides is 3. The molecular formula is C30H46N4O8. The number of likely N-dealkylation sites (tertiary alicyclic amines) is 1. The van der Waals surface area contributed by atoms with Crippen LogP contribution in [0.4, 0.5) is 9.59 Å². The number of benzene rings is 1. The lowest BCUT2D eigenvalue weighted by atomic mass is 9.84. The van der Waals surface area contributed by atoms with Crippen molar-refractivity contribution in [2.45, 2.75) is 109 Å². The number of hydrogen-bond acceptors (Lipinski definition) is 9. The second-order valence-electron chi connectivity index (χ2n) is 12.6. The van der Waals surface area contributed by atoms with Crippen molar-refractivity contribution in [3.8, 4) is 0 Å². The van der Waals surface area contributed by atoms with Crippen LogP contribution in [0, 0.1) is 0 Å². The van der Waals surface area contributed by atoms with Gasteiger partial charge in [0, 0.05) is 19.4 Å². The van der Waals surface area contributed by atoms with Crippen molar-refractivity contribution in [1.82, 2.24) is 9.80 Å². The number of nitrogens with zero attached hydrogens (tertiary/aromatic N) is 2. The minimum absolute atomic E-state index is 0.0545. The van der Waals surface area contributed by atoms with E-state index in [0.29, 0.717) is 19.3 Å². The Bertz CT molecular complexity index is 1130. The summed E-state index contributed by atoms with van der Waals surface area (Å²) in [7, 11) is 0. The van der Waals surface area contributed by atoms with Gasteiger partial charge in [0.1, 0.15) is 11.2 Å². The van der Waals surface area contributed by atoms with E-state index in [1.165, 1.54) is 0 Å². The third-order valence-electron chi connectivity index (χ3n) is 6.74. The van der Waals surface area contributed by atoms with Crippen molar-refractivity contribution in [2.24, 2.45) is 11.5 Å². The van der Waals surface area contributed by atoms with E-state index in [9.17, 15) is 29.1 Å². The number of ketones is 1. The molecule has 1 aliphatic rings. The first-order valence-corrected chi connectivity index (χ1v) is 14.3. The maximum absolute atomic E-state index is 13.7. The quantitative estimate of drug-likeness (QED) is 0.323. The van der Waals surface area contributed by atoms with Crippen molar-refractivity contribution in [2.75, 3.05) is 13.1 Å². The number of ether oxygens (including phenoxy) is 2. The predicted molar refractivity (Wildman–Crippen MR) is 155 cm³/mol. The first kappa shape index (κ1) is 34.7. The van der Waals surface area contributed by atoms with Gasteiger partial charge in [-0.1, -0.05) is 30.3 Å². The molecule has 0 spiro atoms. The molecule has 1 fully saturated rings. The van der Waals surface area contributed by atoms with Gasteiger partial charge in [0.2, 0.25) is 11.4 Å². The van der Waals surface area contributed by atoms with Crippen molar-refractivity contribution in [3.05, 3.63) is 35.9 Å². The first-order valence-electron chi connectivity index (χ1n) is 14.3. The molecule has 0 aliphatic carbocycles. The van der Waals surface area contributed by atoms with Crippen LogP contribution in [-0.2, 0) is 30.3 Å². The number of hydrogen-bond donors (Lipinski definition) is 3. The lowest BCUT2D eigenvalue weighted by Gasteiger charge is -2.35. The molecule has 0 radical (unpaired) electrons. The van der Waals surface area contributed by atoms with Gasteiger partial charge in [0.05, 0.1) is 12.1 Å². The molecule has 1 heterocycles. The fraction of sp³-hybridized carbons (Fsp3) is 0.633. The van der Waals surface area contributed by atoms with Crippen LogP contribution in [-0.4, -0.2) is 86.7 Å². The van der Waals surface area contributed by atoms with E-state index in [-0.39, 0.29) is 19.4 Å². The summed E-state index contributed by atoms with van der Waals surface area (Å²) in [5.41, 5.74) is 8.20. The molecular weight excluding hydrogens is 544 g/mol. The molecule has 1 saturated heterocycles. The van der Waals surface area contributed by atoms with Gasteiger partial charge in [-0.2, -0.15) is 0 Å². The van der Waals surface area contributed by atoms with Gasteiger partial charge in [-0.3, -0.25) is 14.5 Å². The fourth-order valence-electron chi connectivity index (χ4n) is 4.89. The minimum atomic E-state index is -2.48. The van der Waals surface area contributed by atoms with Crippen LogP contribution in [0.3, 0.4) is 0 Å². The standard InChI is InChI=1S/C30H46N4O8/c1-28(2,3)41-26(39)33-19-21(18-30(33,25(37)38)24(36)22(32)15-11-17-31)34(27(40)42-29(4,5)6)23(35)16-10-14-20-12-8-7-9-13-20/h7-9,12-13,21-22H,10-11,14-19,31-32H2,1-6H3,(H,37,38)/t21-,22+,30-/m1/s1. The van der Waals surface area contributed by atoms with Crippen molar-refractivity contribution in [3.63, 3.8) is 0 Å². The van der Waals surface area contributed by atoms with Crippen LogP contribution >= 0.6 is 0 Å². The van der Waals surface area contributed by atoms with Gasteiger partial charge >= 0.3 is 18.2 Å². The zero-order chi connectivity index (χ0) is 31.9. The molecule has 1 aromatic rings. The Kier molecular flexibility index (Phi) is 11.7.